The molecule has 0 radical (unpaired) electrons. The van der Waals surface area contributed by atoms with Crippen LogP contribution in [0.5, 0.6) is 5.75 Å². The number of nitrogens with two attached hydrogens (primary N) is 1. The minimum atomic E-state index is -4.73. The molecule has 0 saturated carbocycles. The van der Waals surface area contributed by atoms with Crippen molar-refractivity contribution >= 4 is 18.0 Å². The monoisotopic (exact) mass is 491 g/mol. The summed E-state index contributed by atoms with van der Waals surface area (Å²) in [6.45, 7) is 5.68. The van der Waals surface area contributed by atoms with Gasteiger partial charge in [0.1, 0.15) is 6.10 Å². The third-order valence-corrected chi connectivity index (χ3v) is 4.62. The Kier molecular flexibility index (Phi) is 10.8. The standard InChI is InChI=1S/C19H17F5N2O3.C2H6.CH3NO/c1-9-7-10(5-6-25-9)26-18(27)17-12(8-14(29-17)19(22,23)24)11-3-4-13(20)15(21)16(11)28-2;1-2;2-1-3/h3-7,12,14,17H,8H2,1-2H3,(H,25,26,27);1-2H3;1H,(H2,2,3). The maximum absolute atomic E-state index is 14.1. The van der Waals surface area contributed by atoms with E-state index in [0.29, 0.717) is 11.4 Å². The number of pyridine rings is 1. The highest BCUT2D eigenvalue weighted by Crippen LogP contribution is 2.45. The summed E-state index contributed by atoms with van der Waals surface area (Å²) >= 11 is 0. The van der Waals surface area contributed by atoms with Crippen molar-refractivity contribution in [1.29, 1.82) is 0 Å². The summed E-state index contributed by atoms with van der Waals surface area (Å²) in [7, 11) is 1.06. The van der Waals surface area contributed by atoms with Gasteiger partial charge in [-0.15, -0.1) is 0 Å². The molecule has 1 fully saturated rings. The Morgan fingerprint density at radius 2 is 1.88 bits per heavy atom. The van der Waals surface area contributed by atoms with Crippen LogP contribution in [0.25, 0.3) is 0 Å². The molecule has 1 aliphatic rings. The van der Waals surface area contributed by atoms with E-state index < -0.39 is 54.0 Å². The van der Waals surface area contributed by atoms with Crippen LogP contribution in [0.15, 0.2) is 30.5 Å². The van der Waals surface area contributed by atoms with Gasteiger partial charge < -0.3 is 20.5 Å². The lowest BCUT2D eigenvalue weighted by Gasteiger charge is -2.21. The van der Waals surface area contributed by atoms with Gasteiger partial charge in [-0.2, -0.15) is 17.6 Å². The van der Waals surface area contributed by atoms with E-state index >= 15 is 0 Å². The predicted octanol–water partition coefficient (Wildman–Crippen LogP) is 4.25. The first-order valence-corrected chi connectivity index (χ1v) is 10.2. The number of anilines is 1. The molecule has 188 valence electrons. The SMILES string of the molecule is CC.COc1c(C2CC(C(F)(F)F)OC2C(=O)Nc2ccnc(C)c2)ccc(F)c1F.NC=O. The molecule has 0 bridgehead atoms. The zero-order valence-corrected chi connectivity index (χ0v) is 19.0. The van der Waals surface area contributed by atoms with E-state index in [-0.39, 0.29) is 12.0 Å². The van der Waals surface area contributed by atoms with Crippen molar-refractivity contribution in [2.45, 2.75) is 51.5 Å². The molecule has 1 aromatic carbocycles. The van der Waals surface area contributed by atoms with Crippen molar-refractivity contribution in [3.05, 3.63) is 53.4 Å². The smallest absolute Gasteiger partial charge is 0.414 e. The molecule has 0 aliphatic carbocycles. The lowest BCUT2D eigenvalue weighted by molar-refractivity contribution is -0.213. The van der Waals surface area contributed by atoms with Crippen molar-refractivity contribution < 1.29 is 41.0 Å². The minimum absolute atomic E-state index is 0.0794. The maximum atomic E-state index is 14.1. The summed E-state index contributed by atoms with van der Waals surface area (Å²) in [6.07, 6.45) is -7.52. The third-order valence-electron chi connectivity index (χ3n) is 4.62. The molecule has 1 saturated heterocycles. The first kappa shape index (κ1) is 28.8. The van der Waals surface area contributed by atoms with Crippen molar-refractivity contribution in [3.8, 4) is 5.75 Å². The number of aryl methyl sites for hydroxylation is 1. The van der Waals surface area contributed by atoms with E-state index in [0.717, 1.165) is 19.2 Å². The van der Waals surface area contributed by atoms with Gasteiger partial charge in [0.25, 0.3) is 5.91 Å². The number of ether oxygens (including phenoxy) is 2. The van der Waals surface area contributed by atoms with Gasteiger partial charge in [-0.05, 0) is 31.5 Å². The predicted molar refractivity (Wildman–Crippen MR) is 114 cm³/mol. The molecule has 2 heterocycles. The first-order chi connectivity index (χ1) is 16.0. The zero-order chi connectivity index (χ0) is 26.1. The molecule has 0 spiro atoms. The summed E-state index contributed by atoms with van der Waals surface area (Å²) < 4.78 is 77.3. The Labute approximate surface area is 193 Å². The second-order valence-corrected chi connectivity index (χ2v) is 6.72. The second-order valence-electron chi connectivity index (χ2n) is 6.72. The maximum Gasteiger partial charge on any atom is 0.414 e. The molecule has 2 aromatic rings. The number of benzene rings is 1. The highest BCUT2D eigenvalue weighted by molar-refractivity contribution is 5.95. The number of halogens is 5. The van der Waals surface area contributed by atoms with Gasteiger partial charge in [-0.1, -0.05) is 19.9 Å². The van der Waals surface area contributed by atoms with Gasteiger partial charge in [0.15, 0.2) is 17.7 Å². The number of nitrogens with one attached hydrogen (secondary N) is 1. The van der Waals surface area contributed by atoms with Crippen LogP contribution in [0.3, 0.4) is 0 Å². The fourth-order valence-corrected chi connectivity index (χ4v) is 3.31. The average Bonchev–Trinajstić information content (AvgIpc) is 3.23. The van der Waals surface area contributed by atoms with E-state index in [1.165, 1.54) is 18.3 Å². The van der Waals surface area contributed by atoms with Gasteiger partial charge in [-0.25, -0.2) is 4.39 Å². The molecular weight excluding hydrogens is 465 g/mol. The lowest BCUT2D eigenvalue weighted by Crippen LogP contribution is -2.34. The molecule has 3 atom stereocenters. The molecule has 3 unspecified atom stereocenters. The Bertz CT molecular complexity index is 972. The Hall–Kier alpha value is -3.28. The summed E-state index contributed by atoms with van der Waals surface area (Å²) in [5, 5.41) is 2.48. The highest BCUT2D eigenvalue weighted by atomic mass is 19.4. The molecule has 7 nitrogen and oxygen atoms in total. The quantitative estimate of drug-likeness (QED) is 0.492. The number of primary amides is 1. The number of aromatic nitrogens is 1. The van der Waals surface area contributed by atoms with Crippen LogP contribution in [0.1, 0.15) is 37.4 Å². The van der Waals surface area contributed by atoms with E-state index in [1.54, 1.807) is 6.92 Å². The van der Waals surface area contributed by atoms with Gasteiger partial charge in [-0.3, -0.25) is 14.6 Å². The largest absolute Gasteiger partial charge is 0.493 e. The fourth-order valence-electron chi connectivity index (χ4n) is 3.31. The highest BCUT2D eigenvalue weighted by Gasteiger charge is 2.52. The molecular formula is C22H26F5N3O4. The molecule has 12 heteroatoms. The number of methoxy groups -OCH3 is 1. The number of alkyl halides is 3. The summed E-state index contributed by atoms with van der Waals surface area (Å²) in [5.74, 6) is -5.16. The van der Waals surface area contributed by atoms with Crippen LogP contribution >= 0.6 is 0 Å². The Balaban J connectivity index is 0.00000107. The summed E-state index contributed by atoms with van der Waals surface area (Å²) in [5.41, 5.74) is 4.99. The van der Waals surface area contributed by atoms with E-state index in [4.69, 9.17) is 14.3 Å². The molecule has 3 rings (SSSR count). The Morgan fingerprint density at radius 1 is 1.26 bits per heavy atom. The van der Waals surface area contributed by atoms with E-state index in [9.17, 15) is 26.7 Å². The van der Waals surface area contributed by atoms with Crippen LogP contribution in [0, 0.1) is 18.6 Å². The Morgan fingerprint density at radius 3 is 2.41 bits per heavy atom. The third kappa shape index (κ3) is 7.11. The number of nitrogens with zero attached hydrogens (tertiary/aromatic N) is 1. The first-order valence-electron chi connectivity index (χ1n) is 10.2. The molecule has 1 aromatic heterocycles. The van der Waals surface area contributed by atoms with Crippen LogP contribution in [0.2, 0.25) is 0 Å². The van der Waals surface area contributed by atoms with E-state index in [2.05, 4.69) is 16.0 Å². The fraction of sp³-hybridized carbons (Fsp3) is 0.409. The van der Waals surface area contributed by atoms with Crippen LogP contribution in [-0.2, 0) is 14.3 Å². The minimum Gasteiger partial charge on any atom is -0.493 e. The molecule has 1 aliphatic heterocycles. The number of carbonyl (C=O) groups is 2. The van der Waals surface area contributed by atoms with Crippen molar-refractivity contribution in [1.82, 2.24) is 4.98 Å². The number of carbonyl (C=O) groups excluding carboxylic acids is 2. The van der Waals surface area contributed by atoms with Gasteiger partial charge in [0.05, 0.1) is 7.11 Å². The molecule has 2 amide bonds. The van der Waals surface area contributed by atoms with Crippen molar-refractivity contribution in [2.75, 3.05) is 12.4 Å². The topological polar surface area (TPSA) is 104 Å². The number of hydrogen-bond acceptors (Lipinski definition) is 5. The number of amides is 2. The summed E-state index contributed by atoms with van der Waals surface area (Å²) in [4.78, 5) is 25.3. The number of hydrogen-bond donors (Lipinski definition) is 2. The van der Waals surface area contributed by atoms with Gasteiger partial charge in [0.2, 0.25) is 12.2 Å². The van der Waals surface area contributed by atoms with Crippen LogP contribution in [0.4, 0.5) is 27.6 Å². The second kappa shape index (κ2) is 12.8. The summed E-state index contributed by atoms with van der Waals surface area (Å²) in [6, 6.07) is 4.87. The molecule has 34 heavy (non-hydrogen) atoms. The van der Waals surface area contributed by atoms with Crippen LogP contribution in [-0.4, -0.2) is 42.8 Å². The number of rotatable bonds is 4. The van der Waals surface area contributed by atoms with E-state index in [1.807, 2.05) is 13.8 Å². The normalized spacial score (nSPS) is 19.1. The van der Waals surface area contributed by atoms with Crippen molar-refractivity contribution in [3.63, 3.8) is 0 Å². The van der Waals surface area contributed by atoms with Crippen LogP contribution < -0.4 is 15.8 Å². The van der Waals surface area contributed by atoms with Crippen molar-refractivity contribution in [2.24, 2.45) is 5.73 Å². The zero-order valence-electron chi connectivity index (χ0n) is 19.0. The molecule has 3 N–H and O–H groups in total. The van der Waals surface area contributed by atoms with Gasteiger partial charge >= 0.3 is 6.18 Å². The average molecular weight is 491 g/mol. The lowest BCUT2D eigenvalue weighted by atomic mass is 9.89. The van der Waals surface area contributed by atoms with Gasteiger partial charge in [0, 0.05) is 29.1 Å².